The SMILES string of the molecule is Cc1cccc2[nH]c(CCC(=O)N3CCC(C)CC3CN)nc12.Cl.Cl. The van der Waals surface area contributed by atoms with Crippen molar-refractivity contribution in [3.63, 3.8) is 0 Å². The van der Waals surface area contributed by atoms with Gasteiger partial charge < -0.3 is 15.6 Å². The van der Waals surface area contributed by atoms with Gasteiger partial charge in [0, 0.05) is 32.0 Å². The number of benzene rings is 1. The van der Waals surface area contributed by atoms with Gasteiger partial charge in [-0.15, -0.1) is 24.8 Å². The van der Waals surface area contributed by atoms with Crippen LogP contribution in [0.25, 0.3) is 11.0 Å². The van der Waals surface area contributed by atoms with Gasteiger partial charge >= 0.3 is 0 Å². The molecule has 0 saturated carbocycles. The first-order valence-corrected chi connectivity index (χ1v) is 8.52. The lowest BCUT2D eigenvalue weighted by atomic mass is 9.92. The number of hydrogen-bond acceptors (Lipinski definition) is 3. The average molecular weight is 387 g/mol. The van der Waals surface area contributed by atoms with Crippen LogP contribution in [0.5, 0.6) is 0 Å². The summed E-state index contributed by atoms with van der Waals surface area (Å²) in [5.41, 5.74) is 9.06. The van der Waals surface area contributed by atoms with Crippen LogP contribution in [0, 0.1) is 12.8 Å². The number of H-pyrrole nitrogens is 1. The molecule has 0 bridgehead atoms. The minimum absolute atomic E-state index is 0. The van der Waals surface area contributed by atoms with Crippen LogP contribution in [0.4, 0.5) is 0 Å². The lowest BCUT2D eigenvalue weighted by Gasteiger charge is -2.38. The van der Waals surface area contributed by atoms with E-state index in [-0.39, 0.29) is 36.8 Å². The van der Waals surface area contributed by atoms with Crippen molar-refractivity contribution in [1.82, 2.24) is 14.9 Å². The van der Waals surface area contributed by atoms with Gasteiger partial charge in [0.2, 0.25) is 5.91 Å². The highest BCUT2D eigenvalue weighted by Gasteiger charge is 2.28. The summed E-state index contributed by atoms with van der Waals surface area (Å²) in [5.74, 6) is 1.74. The third-order valence-corrected chi connectivity index (χ3v) is 4.91. The molecule has 1 saturated heterocycles. The summed E-state index contributed by atoms with van der Waals surface area (Å²) in [6, 6.07) is 6.30. The van der Waals surface area contributed by atoms with Crippen LogP contribution in [0.3, 0.4) is 0 Å². The molecule has 1 aliphatic heterocycles. The second kappa shape index (κ2) is 9.41. The number of nitrogens with two attached hydrogens (primary N) is 1. The average Bonchev–Trinajstić information content (AvgIpc) is 2.97. The molecule has 140 valence electrons. The highest BCUT2D eigenvalue weighted by molar-refractivity contribution is 5.85. The van der Waals surface area contributed by atoms with Crippen LogP contribution in [-0.4, -0.2) is 39.9 Å². The molecule has 0 spiro atoms. The second-order valence-electron chi connectivity index (χ2n) is 6.76. The monoisotopic (exact) mass is 386 g/mol. The Hall–Kier alpha value is -1.30. The van der Waals surface area contributed by atoms with Crippen molar-refractivity contribution in [1.29, 1.82) is 0 Å². The number of aromatic nitrogens is 2. The van der Waals surface area contributed by atoms with E-state index in [1.165, 1.54) is 0 Å². The van der Waals surface area contributed by atoms with Gasteiger partial charge in [-0.2, -0.15) is 0 Å². The van der Waals surface area contributed by atoms with Crippen molar-refractivity contribution < 1.29 is 4.79 Å². The summed E-state index contributed by atoms with van der Waals surface area (Å²) in [7, 11) is 0. The topological polar surface area (TPSA) is 75.0 Å². The molecule has 1 aliphatic rings. The number of nitrogens with one attached hydrogen (secondary N) is 1. The molecule has 3 N–H and O–H groups in total. The molecule has 5 nitrogen and oxygen atoms in total. The Balaban J connectivity index is 0.00000156. The Morgan fingerprint density at radius 1 is 1.40 bits per heavy atom. The van der Waals surface area contributed by atoms with Crippen LogP contribution in [-0.2, 0) is 11.2 Å². The standard InChI is InChI=1S/C18H26N4O.2ClH/c1-12-8-9-22(14(10-12)11-19)17(23)7-6-16-20-15-5-3-4-13(2)18(15)21-16;;/h3-5,12,14H,6-11,19H2,1-2H3,(H,20,21);2*1H. The van der Waals surface area contributed by atoms with E-state index in [2.05, 4.69) is 29.9 Å². The maximum Gasteiger partial charge on any atom is 0.223 e. The number of nitrogens with zero attached hydrogens (tertiary/aromatic N) is 2. The zero-order valence-electron chi connectivity index (χ0n) is 14.8. The number of imidazole rings is 1. The van der Waals surface area contributed by atoms with Crippen molar-refractivity contribution >= 4 is 41.8 Å². The fraction of sp³-hybridized carbons (Fsp3) is 0.556. The van der Waals surface area contributed by atoms with Gasteiger partial charge in [0.15, 0.2) is 0 Å². The quantitative estimate of drug-likeness (QED) is 0.846. The van der Waals surface area contributed by atoms with E-state index in [4.69, 9.17) is 5.73 Å². The van der Waals surface area contributed by atoms with Gasteiger partial charge in [0.05, 0.1) is 11.0 Å². The number of carbonyl (C=O) groups is 1. The Morgan fingerprint density at radius 3 is 2.84 bits per heavy atom. The van der Waals surface area contributed by atoms with E-state index < -0.39 is 0 Å². The number of rotatable bonds is 4. The first kappa shape index (κ1) is 21.7. The normalized spacial score (nSPS) is 20.0. The van der Waals surface area contributed by atoms with Gasteiger partial charge in [-0.1, -0.05) is 19.1 Å². The molecular formula is C18H28Cl2N4O. The summed E-state index contributed by atoms with van der Waals surface area (Å²) in [6.45, 7) is 5.68. The summed E-state index contributed by atoms with van der Waals surface area (Å²) >= 11 is 0. The highest BCUT2D eigenvalue weighted by Crippen LogP contribution is 2.23. The lowest BCUT2D eigenvalue weighted by molar-refractivity contribution is -0.135. The number of aromatic amines is 1. The lowest BCUT2D eigenvalue weighted by Crippen LogP contribution is -2.49. The van der Waals surface area contributed by atoms with Gasteiger partial charge in [-0.3, -0.25) is 4.79 Å². The molecule has 2 atom stereocenters. The first-order chi connectivity index (χ1) is 11.1. The van der Waals surface area contributed by atoms with Crippen LogP contribution >= 0.6 is 24.8 Å². The second-order valence-corrected chi connectivity index (χ2v) is 6.76. The molecule has 2 heterocycles. The summed E-state index contributed by atoms with van der Waals surface area (Å²) < 4.78 is 0. The number of aryl methyl sites for hydroxylation is 2. The van der Waals surface area contributed by atoms with Crippen LogP contribution < -0.4 is 5.73 Å². The third-order valence-electron chi connectivity index (χ3n) is 4.91. The smallest absolute Gasteiger partial charge is 0.223 e. The number of para-hydroxylation sites is 1. The molecule has 0 radical (unpaired) electrons. The fourth-order valence-corrected chi connectivity index (χ4v) is 3.52. The number of carbonyl (C=O) groups excluding carboxylic acids is 1. The highest BCUT2D eigenvalue weighted by atomic mass is 35.5. The molecule has 2 aromatic rings. The third kappa shape index (κ3) is 4.87. The van der Waals surface area contributed by atoms with Crippen LogP contribution in [0.15, 0.2) is 18.2 Å². The van der Waals surface area contributed by atoms with Gasteiger partial charge in [-0.25, -0.2) is 4.98 Å². The molecule has 1 amide bonds. The van der Waals surface area contributed by atoms with E-state index in [1.807, 2.05) is 17.0 Å². The van der Waals surface area contributed by atoms with Gasteiger partial charge in [0.1, 0.15) is 5.82 Å². The number of likely N-dealkylation sites (tertiary alicyclic amines) is 1. The molecule has 7 heteroatoms. The first-order valence-electron chi connectivity index (χ1n) is 8.52. The molecule has 25 heavy (non-hydrogen) atoms. The maximum absolute atomic E-state index is 12.6. The van der Waals surface area contributed by atoms with E-state index in [1.54, 1.807) is 0 Å². The van der Waals surface area contributed by atoms with Gasteiger partial charge in [0.25, 0.3) is 0 Å². The molecule has 1 aromatic heterocycles. The minimum Gasteiger partial charge on any atom is -0.342 e. The number of hydrogen-bond donors (Lipinski definition) is 2. The van der Waals surface area contributed by atoms with Crippen molar-refractivity contribution in [3.05, 3.63) is 29.6 Å². The number of piperidine rings is 1. The van der Waals surface area contributed by atoms with E-state index in [9.17, 15) is 4.79 Å². The summed E-state index contributed by atoms with van der Waals surface area (Å²) in [4.78, 5) is 22.5. The van der Waals surface area contributed by atoms with Crippen LogP contribution in [0.2, 0.25) is 0 Å². The minimum atomic E-state index is 0. The molecule has 2 unspecified atom stereocenters. The van der Waals surface area contributed by atoms with E-state index >= 15 is 0 Å². The zero-order chi connectivity index (χ0) is 16.4. The van der Waals surface area contributed by atoms with Gasteiger partial charge in [-0.05, 0) is 37.3 Å². The van der Waals surface area contributed by atoms with E-state index in [0.717, 1.165) is 41.8 Å². The molecule has 3 rings (SSSR count). The van der Waals surface area contributed by atoms with Crippen molar-refractivity contribution in [3.8, 4) is 0 Å². The fourth-order valence-electron chi connectivity index (χ4n) is 3.52. The molecule has 0 aliphatic carbocycles. The Morgan fingerprint density at radius 2 is 2.16 bits per heavy atom. The molecule has 1 fully saturated rings. The predicted octanol–water partition coefficient (Wildman–Crippen LogP) is 3.23. The Labute approximate surface area is 161 Å². The Kier molecular flexibility index (Phi) is 8.19. The van der Waals surface area contributed by atoms with Crippen molar-refractivity contribution in [2.45, 2.75) is 45.6 Å². The summed E-state index contributed by atoms with van der Waals surface area (Å²) in [5, 5.41) is 0. The zero-order valence-corrected chi connectivity index (χ0v) is 16.5. The molecular weight excluding hydrogens is 359 g/mol. The Bertz CT molecular complexity index is 703. The largest absolute Gasteiger partial charge is 0.342 e. The van der Waals surface area contributed by atoms with Crippen molar-refractivity contribution in [2.24, 2.45) is 11.7 Å². The number of amides is 1. The predicted molar refractivity (Wildman–Crippen MR) is 107 cm³/mol. The molecule has 1 aromatic carbocycles. The van der Waals surface area contributed by atoms with Crippen LogP contribution in [0.1, 0.15) is 37.6 Å². The van der Waals surface area contributed by atoms with Crippen molar-refractivity contribution in [2.75, 3.05) is 13.1 Å². The number of halogens is 2. The number of fused-ring (bicyclic) bond motifs is 1. The van der Waals surface area contributed by atoms with E-state index in [0.29, 0.717) is 25.3 Å². The summed E-state index contributed by atoms with van der Waals surface area (Å²) in [6.07, 6.45) is 3.23. The maximum atomic E-state index is 12.6.